The van der Waals surface area contributed by atoms with Crippen LogP contribution >= 0.6 is 31.9 Å². The summed E-state index contributed by atoms with van der Waals surface area (Å²) in [6.45, 7) is 1.94. The molecule has 0 fully saturated rings. The second-order valence-electron chi connectivity index (χ2n) is 4.58. The molecule has 2 N–H and O–H groups in total. The molecule has 1 aromatic heterocycles. The van der Waals surface area contributed by atoms with Gasteiger partial charge < -0.3 is 10.2 Å². The Morgan fingerprint density at radius 2 is 1.95 bits per heavy atom. The molecule has 1 heterocycles. The van der Waals surface area contributed by atoms with Crippen molar-refractivity contribution in [2.24, 2.45) is 0 Å². The maximum atomic E-state index is 12.7. The van der Waals surface area contributed by atoms with Crippen molar-refractivity contribution in [1.82, 2.24) is 4.31 Å². The molecule has 0 bridgehead atoms. The fourth-order valence-corrected chi connectivity index (χ4v) is 5.03. The van der Waals surface area contributed by atoms with E-state index in [9.17, 15) is 8.42 Å². The number of halogens is 2. The minimum absolute atomic E-state index is 0.0523. The van der Waals surface area contributed by atoms with Crippen molar-refractivity contribution in [1.29, 1.82) is 0 Å². The Bertz CT molecular complexity index is 748. The van der Waals surface area contributed by atoms with Gasteiger partial charge in [0.05, 0.1) is 12.2 Å². The van der Waals surface area contributed by atoms with Crippen LogP contribution in [-0.2, 0) is 16.6 Å². The monoisotopic (exact) mass is 436 g/mol. The van der Waals surface area contributed by atoms with Crippen molar-refractivity contribution in [2.45, 2.75) is 18.4 Å². The minimum atomic E-state index is -3.73. The lowest BCUT2D eigenvalue weighted by atomic mass is 10.3. The quantitative estimate of drug-likeness (QED) is 0.742. The van der Waals surface area contributed by atoms with E-state index in [-0.39, 0.29) is 17.1 Å². The fraction of sp³-hybridized carbons (Fsp3) is 0.231. The Hall–Kier alpha value is -0.830. The van der Waals surface area contributed by atoms with Gasteiger partial charge in [-0.25, -0.2) is 8.42 Å². The van der Waals surface area contributed by atoms with Crippen LogP contribution in [0.5, 0.6) is 0 Å². The first-order valence-corrected chi connectivity index (χ1v) is 9.00. The Morgan fingerprint density at radius 3 is 2.48 bits per heavy atom. The van der Waals surface area contributed by atoms with Crippen LogP contribution in [0.3, 0.4) is 0 Å². The molecule has 5 nitrogen and oxygen atoms in total. The number of nitrogens with zero attached hydrogens (tertiary/aromatic N) is 1. The SMILES string of the molecule is Cc1ccc(CN(C)S(=O)(=O)c2c(N)cc(Br)cc2Br)o1. The van der Waals surface area contributed by atoms with Gasteiger partial charge in [-0.05, 0) is 47.1 Å². The maximum absolute atomic E-state index is 12.7. The molecule has 21 heavy (non-hydrogen) atoms. The van der Waals surface area contributed by atoms with Crippen LogP contribution in [-0.4, -0.2) is 19.8 Å². The number of hydrogen-bond donors (Lipinski definition) is 1. The zero-order chi connectivity index (χ0) is 15.8. The predicted molar refractivity (Wildman–Crippen MR) is 88.4 cm³/mol. The van der Waals surface area contributed by atoms with Gasteiger partial charge in [0.25, 0.3) is 0 Å². The van der Waals surface area contributed by atoms with E-state index in [0.29, 0.717) is 14.7 Å². The average Bonchev–Trinajstić information content (AvgIpc) is 2.72. The van der Waals surface area contributed by atoms with Crippen molar-refractivity contribution in [3.63, 3.8) is 0 Å². The summed E-state index contributed by atoms with van der Waals surface area (Å²) < 4.78 is 33.0. The third-order valence-corrected chi connectivity index (χ3v) is 6.15. The highest BCUT2D eigenvalue weighted by atomic mass is 79.9. The lowest BCUT2D eigenvalue weighted by molar-refractivity contribution is 0.397. The summed E-state index contributed by atoms with van der Waals surface area (Å²) in [5, 5.41) is 0. The van der Waals surface area contributed by atoms with Gasteiger partial charge in [0, 0.05) is 16.0 Å². The van der Waals surface area contributed by atoms with E-state index < -0.39 is 10.0 Å². The van der Waals surface area contributed by atoms with Gasteiger partial charge in [-0.1, -0.05) is 15.9 Å². The van der Waals surface area contributed by atoms with E-state index in [1.807, 2.05) is 0 Å². The number of hydrogen-bond acceptors (Lipinski definition) is 4. The number of furan rings is 1. The summed E-state index contributed by atoms with van der Waals surface area (Å²) in [5.41, 5.74) is 6.03. The maximum Gasteiger partial charge on any atom is 0.246 e. The number of nitrogens with two attached hydrogens (primary N) is 1. The van der Waals surface area contributed by atoms with E-state index in [0.717, 1.165) is 5.76 Å². The van der Waals surface area contributed by atoms with Crippen LogP contribution in [0.15, 0.2) is 42.5 Å². The van der Waals surface area contributed by atoms with E-state index in [2.05, 4.69) is 31.9 Å². The largest absolute Gasteiger partial charge is 0.465 e. The highest BCUT2D eigenvalue weighted by molar-refractivity contribution is 9.11. The summed E-state index contributed by atoms with van der Waals surface area (Å²) in [4.78, 5) is 0.0523. The van der Waals surface area contributed by atoms with Crippen molar-refractivity contribution in [3.8, 4) is 0 Å². The number of aryl methyl sites for hydroxylation is 1. The highest BCUT2D eigenvalue weighted by Gasteiger charge is 2.27. The molecule has 8 heteroatoms. The van der Waals surface area contributed by atoms with Crippen molar-refractivity contribution < 1.29 is 12.8 Å². The predicted octanol–water partition coefficient (Wildman–Crippen LogP) is 3.52. The van der Waals surface area contributed by atoms with Crippen molar-refractivity contribution in [2.75, 3.05) is 12.8 Å². The molecule has 0 saturated heterocycles. The lowest BCUT2D eigenvalue weighted by Crippen LogP contribution is -2.27. The van der Waals surface area contributed by atoms with Crippen molar-refractivity contribution >= 4 is 47.6 Å². The van der Waals surface area contributed by atoms with Gasteiger partial charge in [0.2, 0.25) is 10.0 Å². The molecule has 0 radical (unpaired) electrons. The smallest absolute Gasteiger partial charge is 0.246 e. The molecule has 2 rings (SSSR count). The Kier molecular flexibility index (Phi) is 4.82. The number of benzene rings is 1. The third-order valence-electron chi connectivity index (χ3n) is 2.88. The van der Waals surface area contributed by atoms with Crippen LogP contribution in [0.1, 0.15) is 11.5 Å². The summed E-state index contributed by atoms with van der Waals surface area (Å²) in [5.74, 6) is 1.31. The Morgan fingerprint density at radius 1 is 1.29 bits per heavy atom. The third kappa shape index (κ3) is 3.50. The van der Waals surface area contributed by atoms with Gasteiger partial charge in [0.15, 0.2) is 0 Å². The Balaban J connectivity index is 2.38. The topological polar surface area (TPSA) is 76.5 Å². The molecule has 2 aromatic rings. The van der Waals surface area contributed by atoms with Crippen LogP contribution < -0.4 is 5.73 Å². The van der Waals surface area contributed by atoms with Gasteiger partial charge in [0.1, 0.15) is 16.4 Å². The lowest BCUT2D eigenvalue weighted by Gasteiger charge is -2.18. The molecule has 0 saturated carbocycles. The van der Waals surface area contributed by atoms with Crippen LogP contribution in [0, 0.1) is 6.92 Å². The van der Waals surface area contributed by atoms with Gasteiger partial charge in [-0.2, -0.15) is 4.31 Å². The zero-order valence-electron chi connectivity index (χ0n) is 11.4. The molecule has 0 spiro atoms. The van der Waals surface area contributed by atoms with Gasteiger partial charge in [-0.15, -0.1) is 0 Å². The first-order chi connectivity index (χ1) is 9.71. The molecule has 0 unspecified atom stereocenters. The number of nitrogen functional groups attached to an aromatic ring is 1. The second-order valence-corrected chi connectivity index (χ2v) is 8.33. The minimum Gasteiger partial charge on any atom is -0.465 e. The summed E-state index contributed by atoms with van der Waals surface area (Å²) >= 11 is 6.53. The molecule has 0 atom stereocenters. The first kappa shape index (κ1) is 16.5. The molecular weight excluding hydrogens is 424 g/mol. The van der Waals surface area contributed by atoms with Crippen LogP contribution in [0.25, 0.3) is 0 Å². The standard InChI is InChI=1S/C13H14Br2N2O3S/c1-8-3-4-10(20-8)7-17(2)21(18,19)13-11(15)5-9(14)6-12(13)16/h3-6H,7,16H2,1-2H3. The highest BCUT2D eigenvalue weighted by Crippen LogP contribution is 2.33. The molecule has 114 valence electrons. The molecule has 0 aliphatic rings. The normalized spacial score (nSPS) is 12.0. The van der Waals surface area contributed by atoms with Gasteiger partial charge in [-0.3, -0.25) is 0 Å². The summed E-state index contributed by atoms with van der Waals surface area (Å²) in [6, 6.07) is 6.75. The number of rotatable bonds is 4. The van der Waals surface area contributed by atoms with E-state index >= 15 is 0 Å². The van der Waals surface area contributed by atoms with Crippen molar-refractivity contribution in [3.05, 3.63) is 44.7 Å². The summed E-state index contributed by atoms with van der Waals surface area (Å²) in [6.07, 6.45) is 0. The second kappa shape index (κ2) is 6.12. The van der Waals surface area contributed by atoms with Crippen LogP contribution in [0.2, 0.25) is 0 Å². The molecule has 0 amide bonds. The van der Waals surface area contributed by atoms with E-state index in [1.165, 1.54) is 11.4 Å². The molecular formula is C13H14Br2N2O3S. The number of sulfonamides is 1. The zero-order valence-corrected chi connectivity index (χ0v) is 15.4. The van der Waals surface area contributed by atoms with Gasteiger partial charge >= 0.3 is 0 Å². The molecule has 0 aliphatic carbocycles. The Labute approximate surface area is 140 Å². The molecule has 1 aromatic carbocycles. The molecule has 0 aliphatic heterocycles. The summed E-state index contributed by atoms with van der Waals surface area (Å²) in [7, 11) is -2.24. The first-order valence-electron chi connectivity index (χ1n) is 5.98. The fourth-order valence-electron chi connectivity index (χ4n) is 1.88. The van der Waals surface area contributed by atoms with Crippen LogP contribution in [0.4, 0.5) is 5.69 Å². The van der Waals surface area contributed by atoms with E-state index in [4.69, 9.17) is 10.2 Å². The number of anilines is 1. The average molecular weight is 438 g/mol. The van der Waals surface area contributed by atoms with E-state index in [1.54, 1.807) is 31.2 Å².